The summed E-state index contributed by atoms with van der Waals surface area (Å²) < 4.78 is 42.8. The smallest absolute Gasteiger partial charge is 0.455 e. The molecular weight excluding hydrogens is 293 g/mol. The second-order valence-corrected chi connectivity index (χ2v) is 9.10. The zero-order chi connectivity index (χ0) is 14.7. The van der Waals surface area contributed by atoms with Gasteiger partial charge in [0.05, 0.1) is 0 Å². The van der Waals surface area contributed by atoms with Gasteiger partial charge in [0.15, 0.2) is 0 Å². The van der Waals surface area contributed by atoms with Gasteiger partial charge in [-0.25, -0.2) is 4.79 Å². The van der Waals surface area contributed by atoms with Gasteiger partial charge in [-0.3, -0.25) is 0 Å². The Morgan fingerprint density at radius 3 is 1.68 bits per heavy atom. The van der Waals surface area contributed by atoms with Crippen molar-refractivity contribution in [3.8, 4) is 0 Å². The van der Waals surface area contributed by atoms with Crippen LogP contribution in [0.1, 0.15) is 12.8 Å². The highest BCUT2D eigenvalue weighted by atomic mass is 19.4. The van der Waals surface area contributed by atoms with Gasteiger partial charge in [0.25, 0.3) is 0 Å². The normalized spacial score (nSPS) is 69.9. The van der Waals surface area contributed by atoms with Crippen LogP contribution >= 0.6 is 0 Å². The summed E-state index contributed by atoms with van der Waals surface area (Å²) in [5.41, 5.74) is 0. The highest BCUT2D eigenvalue weighted by molar-refractivity contribution is 5.75. The lowest BCUT2D eigenvalue weighted by Crippen LogP contribution is -2.52. The Balaban J connectivity index is 1.31. The number of halogens is 3. The summed E-state index contributed by atoms with van der Waals surface area (Å²) in [6, 6.07) is 0. The van der Waals surface area contributed by atoms with Gasteiger partial charge in [0, 0.05) is 5.92 Å². The molecular formula is C17H17F3O2. The predicted octanol–water partition coefficient (Wildman–Crippen LogP) is 2.73. The van der Waals surface area contributed by atoms with Crippen molar-refractivity contribution >= 4 is 5.97 Å². The zero-order valence-electron chi connectivity index (χ0n) is 11.9. The molecule has 0 spiro atoms. The molecule has 22 heavy (non-hydrogen) atoms. The van der Waals surface area contributed by atoms with Crippen LogP contribution in [-0.4, -0.2) is 18.2 Å². The maximum absolute atomic E-state index is 12.6. The molecule has 0 N–H and O–H groups in total. The van der Waals surface area contributed by atoms with Crippen molar-refractivity contribution in [3.05, 3.63) is 0 Å². The molecule has 8 rings (SSSR count). The molecule has 0 aromatic heterocycles. The van der Waals surface area contributed by atoms with Crippen LogP contribution in [0.4, 0.5) is 13.2 Å². The molecule has 0 amide bonds. The van der Waals surface area contributed by atoms with Crippen LogP contribution in [0.5, 0.6) is 0 Å². The van der Waals surface area contributed by atoms with Gasteiger partial charge in [-0.15, -0.1) is 0 Å². The van der Waals surface area contributed by atoms with Crippen LogP contribution < -0.4 is 0 Å². The van der Waals surface area contributed by atoms with Crippen LogP contribution in [0, 0.1) is 71.0 Å². The van der Waals surface area contributed by atoms with Crippen LogP contribution in [0.2, 0.25) is 0 Å². The molecule has 8 aliphatic carbocycles. The molecule has 0 heterocycles. The van der Waals surface area contributed by atoms with E-state index in [2.05, 4.69) is 0 Å². The quantitative estimate of drug-likeness (QED) is 0.696. The molecule has 0 aromatic rings. The maximum Gasteiger partial charge on any atom is 0.490 e. The lowest BCUT2D eigenvalue weighted by Gasteiger charge is -2.51. The minimum atomic E-state index is -4.85. The monoisotopic (exact) mass is 310 g/mol. The summed E-state index contributed by atoms with van der Waals surface area (Å²) in [5.74, 6) is 6.79. The first-order valence-electron chi connectivity index (χ1n) is 8.76. The van der Waals surface area contributed by atoms with E-state index in [-0.39, 0.29) is 5.92 Å². The summed E-state index contributed by atoms with van der Waals surface area (Å²) in [6.45, 7) is 0. The molecule has 11 atom stereocenters. The summed E-state index contributed by atoms with van der Waals surface area (Å²) in [5, 5.41) is 0. The fourth-order valence-electron chi connectivity index (χ4n) is 10.0. The number of alkyl halides is 3. The Bertz CT molecular complexity index is 596. The molecule has 8 aliphatic rings. The Labute approximate surface area is 125 Å². The largest absolute Gasteiger partial charge is 0.490 e. The molecule has 2 nitrogen and oxygen atoms in total. The van der Waals surface area contributed by atoms with E-state index in [0.29, 0.717) is 17.8 Å². The van der Waals surface area contributed by atoms with E-state index >= 15 is 0 Å². The molecule has 0 aromatic carbocycles. The third-order valence-corrected chi connectivity index (χ3v) is 9.38. The molecule has 5 heteroatoms. The van der Waals surface area contributed by atoms with Crippen LogP contribution in [0.25, 0.3) is 0 Å². The summed E-state index contributed by atoms with van der Waals surface area (Å²) >= 11 is 0. The number of hydrogen-bond donors (Lipinski definition) is 0. The average molecular weight is 310 g/mol. The van der Waals surface area contributed by atoms with Crippen molar-refractivity contribution in [1.29, 1.82) is 0 Å². The van der Waals surface area contributed by atoms with Crippen molar-refractivity contribution in [2.45, 2.75) is 25.1 Å². The first kappa shape index (κ1) is 11.7. The lowest BCUT2D eigenvalue weighted by atomic mass is 9.56. The average Bonchev–Trinajstić information content (AvgIpc) is 3.13. The van der Waals surface area contributed by atoms with E-state index in [9.17, 15) is 18.0 Å². The number of hydrogen-bond acceptors (Lipinski definition) is 2. The molecule has 0 aliphatic heterocycles. The van der Waals surface area contributed by atoms with E-state index in [1.54, 1.807) is 0 Å². The Hall–Kier alpha value is -0.740. The highest BCUT2D eigenvalue weighted by Gasteiger charge is 2.88. The van der Waals surface area contributed by atoms with Crippen molar-refractivity contribution in [3.63, 3.8) is 0 Å². The van der Waals surface area contributed by atoms with Crippen molar-refractivity contribution in [1.82, 2.24) is 0 Å². The maximum atomic E-state index is 12.6. The van der Waals surface area contributed by atoms with Crippen LogP contribution in [0.3, 0.4) is 0 Å². The Morgan fingerprint density at radius 2 is 1.18 bits per heavy atom. The second kappa shape index (κ2) is 2.98. The number of rotatable bonds is 1. The topological polar surface area (TPSA) is 26.3 Å². The fourth-order valence-corrected chi connectivity index (χ4v) is 10.0. The van der Waals surface area contributed by atoms with Crippen molar-refractivity contribution in [2.24, 2.45) is 71.0 Å². The first-order valence-corrected chi connectivity index (χ1v) is 8.76. The Morgan fingerprint density at radius 1 is 0.727 bits per heavy atom. The number of ether oxygens (including phenoxy) is 1. The minimum absolute atomic E-state index is 0.268. The first-order chi connectivity index (χ1) is 10.5. The molecule has 118 valence electrons. The van der Waals surface area contributed by atoms with Gasteiger partial charge < -0.3 is 4.74 Å². The summed E-state index contributed by atoms with van der Waals surface area (Å²) in [4.78, 5) is 11.3. The van der Waals surface area contributed by atoms with Crippen molar-refractivity contribution in [2.75, 3.05) is 0 Å². The van der Waals surface area contributed by atoms with Gasteiger partial charge in [0.2, 0.25) is 0 Å². The highest BCUT2D eigenvalue weighted by Crippen LogP contribution is 2.91. The number of carbonyl (C=O) groups is 1. The van der Waals surface area contributed by atoms with Gasteiger partial charge in [-0.2, -0.15) is 13.2 Å². The van der Waals surface area contributed by atoms with Crippen LogP contribution in [0.15, 0.2) is 0 Å². The minimum Gasteiger partial charge on any atom is -0.455 e. The van der Waals surface area contributed by atoms with E-state index < -0.39 is 18.2 Å². The van der Waals surface area contributed by atoms with Gasteiger partial charge in [-0.05, 0) is 77.9 Å². The fraction of sp³-hybridized carbons (Fsp3) is 0.941. The Kier molecular flexibility index (Phi) is 1.59. The van der Waals surface area contributed by atoms with Gasteiger partial charge in [0.1, 0.15) is 6.10 Å². The summed E-state index contributed by atoms with van der Waals surface area (Å²) in [6.07, 6.45) is -3.15. The van der Waals surface area contributed by atoms with Gasteiger partial charge >= 0.3 is 12.1 Å². The second-order valence-electron chi connectivity index (χ2n) is 9.10. The lowest BCUT2D eigenvalue weighted by molar-refractivity contribution is -0.217. The SMILES string of the molecule is O=C(OC1CC2C3C4C5CC6C4C2C2C1C3C5C62)C(F)(F)F. The van der Waals surface area contributed by atoms with E-state index in [0.717, 1.165) is 53.8 Å². The molecule has 8 fully saturated rings. The molecule has 4 bridgehead atoms. The van der Waals surface area contributed by atoms with Gasteiger partial charge in [-0.1, -0.05) is 0 Å². The zero-order valence-corrected chi connectivity index (χ0v) is 11.9. The van der Waals surface area contributed by atoms with Crippen LogP contribution in [-0.2, 0) is 9.53 Å². The third kappa shape index (κ3) is 0.883. The third-order valence-electron chi connectivity index (χ3n) is 9.38. The van der Waals surface area contributed by atoms with E-state index in [1.165, 1.54) is 6.42 Å². The molecule has 11 unspecified atom stereocenters. The predicted molar refractivity (Wildman–Crippen MR) is 67.0 cm³/mol. The van der Waals surface area contributed by atoms with Crippen molar-refractivity contribution < 1.29 is 22.7 Å². The standard InChI is InChI=1S/C17H17F3O2/c18-17(19,20)16(21)22-6-2-5-11-7-3-1-4-8(7)12(5)15-10(4)9(3)14(11)13(6)15/h3-15H,1-2H2. The molecule has 8 saturated carbocycles. The van der Waals surface area contributed by atoms with E-state index in [1.807, 2.05) is 0 Å². The number of esters is 1. The number of carbonyl (C=O) groups excluding carboxylic acids is 1. The van der Waals surface area contributed by atoms with E-state index in [4.69, 9.17) is 4.74 Å². The summed E-state index contributed by atoms with van der Waals surface area (Å²) in [7, 11) is 0. The number of fused-ring (bicyclic) bond motifs is 1. The molecule has 0 radical (unpaired) electrons. The molecule has 0 saturated heterocycles.